The lowest BCUT2D eigenvalue weighted by Gasteiger charge is -2.18. The maximum atomic E-state index is 12.3. The van der Waals surface area contributed by atoms with Crippen molar-refractivity contribution in [3.05, 3.63) is 39.4 Å². The number of benzene rings is 1. The minimum Gasteiger partial charge on any atom is -0.496 e. The monoisotopic (exact) mass is 355 g/mol. The minimum absolute atomic E-state index is 0.219. The van der Waals surface area contributed by atoms with Gasteiger partial charge in [-0.2, -0.15) is 0 Å². The molecule has 0 atom stereocenters. The zero-order chi connectivity index (χ0) is 17.0. The van der Waals surface area contributed by atoms with E-state index in [-0.39, 0.29) is 22.6 Å². The summed E-state index contributed by atoms with van der Waals surface area (Å²) in [5, 5.41) is 3.03. The Kier molecular flexibility index (Phi) is 5.96. The Hall–Kier alpha value is -1.66. The predicted octanol–water partition coefficient (Wildman–Crippen LogP) is 3.84. The summed E-state index contributed by atoms with van der Waals surface area (Å²) < 4.78 is 10.5. The summed E-state index contributed by atoms with van der Waals surface area (Å²) in [6.45, 7) is 5.87. The van der Waals surface area contributed by atoms with Gasteiger partial charge >= 0.3 is 5.97 Å². The number of anilines is 1. The van der Waals surface area contributed by atoms with Gasteiger partial charge < -0.3 is 14.8 Å². The highest BCUT2D eigenvalue weighted by Gasteiger charge is 2.20. The zero-order valence-corrected chi connectivity index (χ0v) is 14.7. The molecule has 1 N–H and O–H groups in total. The number of carbonyl (C=O) groups is 2. The molecule has 0 aliphatic carbocycles. The summed E-state index contributed by atoms with van der Waals surface area (Å²) in [6.07, 6.45) is -0.250. The first-order chi connectivity index (χ1) is 10.9. The third kappa shape index (κ3) is 4.65. The van der Waals surface area contributed by atoms with Crippen molar-refractivity contribution >= 4 is 40.9 Å². The van der Waals surface area contributed by atoms with Crippen molar-refractivity contribution in [2.45, 2.75) is 26.9 Å². The van der Waals surface area contributed by atoms with Crippen LogP contribution in [0.1, 0.15) is 31.1 Å². The van der Waals surface area contributed by atoms with Crippen LogP contribution in [0.4, 0.5) is 5.69 Å². The normalized spacial score (nSPS) is 14.5. The minimum atomic E-state index is -0.521. The molecular formula is C16H18ClNO4S. The van der Waals surface area contributed by atoms with Gasteiger partial charge in [0.2, 0.25) is 0 Å². The molecule has 1 heterocycles. The third-order valence-corrected chi connectivity index (χ3v) is 4.42. The number of ether oxygens (including phenoxy) is 2. The third-order valence-electron chi connectivity index (χ3n) is 2.96. The van der Waals surface area contributed by atoms with Gasteiger partial charge in [-0.25, -0.2) is 4.79 Å². The van der Waals surface area contributed by atoms with E-state index >= 15 is 0 Å². The van der Waals surface area contributed by atoms with Gasteiger partial charge in [0.1, 0.15) is 10.7 Å². The van der Waals surface area contributed by atoms with E-state index in [0.29, 0.717) is 23.0 Å². The van der Waals surface area contributed by atoms with Gasteiger partial charge in [-0.05, 0) is 39.0 Å². The van der Waals surface area contributed by atoms with Gasteiger partial charge in [-0.3, -0.25) is 4.79 Å². The van der Waals surface area contributed by atoms with Crippen molar-refractivity contribution in [1.82, 2.24) is 0 Å². The quantitative estimate of drug-likeness (QED) is 0.831. The first-order valence-electron chi connectivity index (χ1n) is 7.17. The molecule has 5 nitrogen and oxygen atoms in total. The molecule has 1 aliphatic rings. The number of hydrogen-bond donors (Lipinski definition) is 1. The van der Waals surface area contributed by atoms with Crippen molar-refractivity contribution in [2.24, 2.45) is 0 Å². The second-order valence-electron chi connectivity index (χ2n) is 5.19. The van der Waals surface area contributed by atoms with Crippen LogP contribution in [0.2, 0.25) is 5.02 Å². The second kappa shape index (κ2) is 7.75. The topological polar surface area (TPSA) is 64.6 Å². The van der Waals surface area contributed by atoms with E-state index in [1.807, 2.05) is 0 Å². The Balaban J connectivity index is 2.18. The van der Waals surface area contributed by atoms with Crippen LogP contribution in [0.15, 0.2) is 28.9 Å². The van der Waals surface area contributed by atoms with Gasteiger partial charge in [-0.15, -0.1) is 11.8 Å². The SMILES string of the molecule is CC1=C(C(=O)Nc2ccc(Cl)c(C(=O)OC(C)C)c2)SCCO1. The van der Waals surface area contributed by atoms with Crippen molar-refractivity contribution in [1.29, 1.82) is 0 Å². The Labute approximate surface area is 144 Å². The van der Waals surface area contributed by atoms with E-state index in [1.165, 1.54) is 17.8 Å². The van der Waals surface area contributed by atoms with Crippen LogP contribution in [0.5, 0.6) is 0 Å². The van der Waals surface area contributed by atoms with Gasteiger partial charge in [0, 0.05) is 11.4 Å². The molecule has 0 saturated heterocycles. The molecule has 0 bridgehead atoms. The second-order valence-corrected chi connectivity index (χ2v) is 6.70. The van der Waals surface area contributed by atoms with E-state index in [9.17, 15) is 9.59 Å². The van der Waals surface area contributed by atoms with Gasteiger partial charge in [-0.1, -0.05) is 11.6 Å². The number of hydrogen-bond acceptors (Lipinski definition) is 5. The van der Waals surface area contributed by atoms with Crippen molar-refractivity contribution in [3.8, 4) is 0 Å². The zero-order valence-electron chi connectivity index (χ0n) is 13.1. The van der Waals surface area contributed by atoms with Crippen LogP contribution in [0.25, 0.3) is 0 Å². The van der Waals surface area contributed by atoms with Gasteiger partial charge in [0.25, 0.3) is 5.91 Å². The van der Waals surface area contributed by atoms with Crippen LogP contribution < -0.4 is 5.32 Å². The Bertz CT molecular complexity index is 657. The predicted molar refractivity (Wildman–Crippen MR) is 91.7 cm³/mol. The lowest BCUT2D eigenvalue weighted by atomic mass is 10.2. The smallest absolute Gasteiger partial charge is 0.339 e. The fraction of sp³-hybridized carbons (Fsp3) is 0.375. The van der Waals surface area contributed by atoms with E-state index in [2.05, 4.69) is 5.32 Å². The summed E-state index contributed by atoms with van der Waals surface area (Å²) in [6, 6.07) is 4.70. The number of halogens is 1. The van der Waals surface area contributed by atoms with Crippen LogP contribution >= 0.6 is 23.4 Å². The van der Waals surface area contributed by atoms with Crippen molar-refractivity contribution in [2.75, 3.05) is 17.7 Å². The molecule has 0 fully saturated rings. The highest BCUT2D eigenvalue weighted by Crippen LogP contribution is 2.28. The Morgan fingerprint density at radius 2 is 2.13 bits per heavy atom. The van der Waals surface area contributed by atoms with Crippen molar-refractivity contribution < 1.29 is 19.1 Å². The number of rotatable bonds is 4. The Morgan fingerprint density at radius 1 is 1.39 bits per heavy atom. The van der Waals surface area contributed by atoms with E-state index < -0.39 is 5.97 Å². The Morgan fingerprint density at radius 3 is 2.78 bits per heavy atom. The average Bonchev–Trinajstić information content (AvgIpc) is 2.48. The van der Waals surface area contributed by atoms with Gasteiger partial charge in [0.05, 0.1) is 23.3 Å². The molecule has 2 rings (SSSR count). The highest BCUT2D eigenvalue weighted by atomic mass is 35.5. The highest BCUT2D eigenvalue weighted by molar-refractivity contribution is 8.04. The van der Waals surface area contributed by atoms with Crippen LogP contribution in [0.3, 0.4) is 0 Å². The lowest BCUT2D eigenvalue weighted by molar-refractivity contribution is -0.112. The van der Waals surface area contributed by atoms with Gasteiger partial charge in [0.15, 0.2) is 0 Å². The molecule has 1 aromatic rings. The fourth-order valence-electron chi connectivity index (χ4n) is 1.96. The summed E-state index contributed by atoms with van der Waals surface area (Å²) in [5.41, 5.74) is 0.693. The summed E-state index contributed by atoms with van der Waals surface area (Å²) >= 11 is 7.48. The number of esters is 1. The van der Waals surface area contributed by atoms with Crippen molar-refractivity contribution in [3.63, 3.8) is 0 Å². The van der Waals surface area contributed by atoms with E-state index in [4.69, 9.17) is 21.1 Å². The van der Waals surface area contributed by atoms with E-state index in [0.717, 1.165) is 5.75 Å². The lowest BCUT2D eigenvalue weighted by Crippen LogP contribution is -2.19. The molecule has 0 radical (unpaired) electrons. The first-order valence-corrected chi connectivity index (χ1v) is 8.53. The average molecular weight is 356 g/mol. The molecule has 0 unspecified atom stereocenters. The standard InChI is InChI=1S/C16H18ClNO4S/c1-9(2)22-16(20)12-8-11(4-5-13(12)17)18-15(19)14-10(3)21-6-7-23-14/h4-5,8-9H,6-7H2,1-3H3,(H,18,19). The molecule has 124 valence electrons. The first kappa shape index (κ1) is 17.7. The molecule has 7 heteroatoms. The van der Waals surface area contributed by atoms with E-state index in [1.54, 1.807) is 32.9 Å². The molecule has 0 spiro atoms. The number of thioether (sulfide) groups is 1. The van der Waals surface area contributed by atoms with Crippen LogP contribution in [0, 0.1) is 0 Å². The summed E-state index contributed by atoms with van der Waals surface area (Å²) in [5.74, 6) is 0.545. The number of carbonyl (C=O) groups excluding carboxylic acids is 2. The number of allylic oxidation sites excluding steroid dienone is 1. The molecule has 0 aromatic heterocycles. The van der Waals surface area contributed by atoms with Crippen LogP contribution in [-0.2, 0) is 14.3 Å². The molecular weight excluding hydrogens is 338 g/mol. The number of nitrogens with one attached hydrogen (secondary N) is 1. The molecule has 23 heavy (non-hydrogen) atoms. The maximum Gasteiger partial charge on any atom is 0.339 e. The summed E-state index contributed by atoms with van der Waals surface area (Å²) in [4.78, 5) is 24.9. The molecule has 0 saturated carbocycles. The fourth-order valence-corrected chi connectivity index (χ4v) is 2.97. The maximum absolute atomic E-state index is 12.3. The largest absolute Gasteiger partial charge is 0.496 e. The molecule has 1 aromatic carbocycles. The number of amides is 1. The van der Waals surface area contributed by atoms with Crippen LogP contribution in [-0.4, -0.2) is 30.3 Å². The summed E-state index contributed by atoms with van der Waals surface area (Å²) in [7, 11) is 0. The molecule has 1 aliphatic heterocycles. The molecule has 1 amide bonds.